The van der Waals surface area contributed by atoms with E-state index in [1.807, 2.05) is 0 Å². The fourth-order valence-corrected chi connectivity index (χ4v) is 1.23. The minimum atomic E-state index is -0.784. The number of nitro benzene ring substituents is 1. The largest absolute Gasteiger partial charge is 0.325 e. The number of carbonyl (C=O) groups is 1. The van der Waals surface area contributed by atoms with E-state index in [1.54, 1.807) is 6.92 Å². The Morgan fingerprint density at radius 2 is 2.24 bits per heavy atom. The molecular formula is C10H10ClFN2O3. The van der Waals surface area contributed by atoms with Crippen LogP contribution in [0.25, 0.3) is 0 Å². The summed E-state index contributed by atoms with van der Waals surface area (Å²) < 4.78 is 13.0. The normalized spacial score (nSPS) is 11.9. The summed E-state index contributed by atoms with van der Waals surface area (Å²) in [6.07, 6.45) is 0. The van der Waals surface area contributed by atoms with E-state index in [0.717, 1.165) is 18.2 Å². The van der Waals surface area contributed by atoms with Gasteiger partial charge in [0.15, 0.2) is 0 Å². The molecule has 0 aliphatic heterocycles. The van der Waals surface area contributed by atoms with Gasteiger partial charge >= 0.3 is 0 Å². The molecule has 0 saturated carbocycles. The van der Waals surface area contributed by atoms with Crippen molar-refractivity contribution >= 4 is 28.9 Å². The van der Waals surface area contributed by atoms with Crippen molar-refractivity contribution in [2.75, 3.05) is 11.2 Å². The quantitative estimate of drug-likeness (QED) is 0.514. The third kappa shape index (κ3) is 3.67. The number of non-ortho nitro benzene ring substituents is 1. The van der Waals surface area contributed by atoms with Gasteiger partial charge in [-0.25, -0.2) is 4.39 Å². The number of alkyl halides is 1. The van der Waals surface area contributed by atoms with E-state index in [-0.39, 0.29) is 11.6 Å². The fourth-order valence-electron chi connectivity index (χ4n) is 1.09. The summed E-state index contributed by atoms with van der Waals surface area (Å²) >= 11 is 5.48. The van der Waals surface area contributed by atoms with Crippen molar-refractivity contribution in [2.45, 2.75) is 6.92 Å². The monoisotopic (exact) mass is 260 g/mol. The Bertz CT molecular complexity index is 453. The Kier molecular flexibility index (Phi) is 4.39. The van der Waals surface area contributed by atoms with Gasteiger partial charge in [0.05, 0.1) is 16.7 Å². The number of halogens is 2. The third-order valence-corrected chi connectivity index (χ3v) is 2.50. The number of hydrogen-bond donors (Lipinski definition) is 1. The molecule has 1 unspecified atom stereocenters. The predicted octanol–water partition coefficient (Wildman–Crippen LogP) is 2.55. The number of benzene rings is 1. The van der Waals surface area contributed by atoms with Crippen LogP contribution in [0.5, 0.6) is 0 Å². The van der Waals surface area contributed by atoms with Crippen LogP contribution >= 0.6 is 11.6 Å². The van der Waals surface area contributed by atoms with Gasteiger partial charge < -0.3 is 5.32 Å². The molecule has 0 fully saturated rings. The molecule has 0 aliphatic carbocycles. The summed E-state index contributed by atoms with van der Waals surface area (Å²) in [5, 5.41) is 12.8. The molecule has 17 heavy (non-hydrogen) atoms. The Labute approximate surface area is 102 Å². The van der Waals surface area contributed by atoms with Crippen LogP contribution in [0.3, 0.4) is 0 Å². The van der Waals surface area contributed by atoms with Crippen LogP contribution in [0, 0.1) is 21.8 Å². The van der Waals surface area contributed by atoms with Crippen molar-refractivity contribution in [1.29, 1.82) is 0 Å². The first-order chi connectivity index (χ1) is 7.93. The highest BCUT2D eigenvalue weighted by molar-refractivity contribution is 6.19. The summed E-state index contributed by atoms with van der Waals surface area (Å²) in [5.41, 5.74) is -0.377. The van der Waals surface area contributed by atoms with E-state index in [0.29, 0.717) is 0 Å². The number of nitro groups is 1. The molecule has 7 heteroatoms. The molecule has 0 saturated heterocycles. The summed E-state index contributed by atoms with van der Waals surface area (Å²) in [7, 11) is 0. The molecule has 0 radical (unpaired) electrons. The Morgan fingerprint density at radius 3 is 2.76 bits per heavy atom. The van der Waals surface area contributed by atoms with Crippen LogP contribution in [0.2, 0.25) is 0 Å². The van der Waals surface area contributed by atoms with Gasteiger partial charge in [-0.3, -0.25) is 14.9 Å². The number of carbonyl (C=O) groups excluding carboxylic acids is 1. The average Bonchev–Trinajstić information content (AvgIpc) is 2.26. The van der Waals surface area contributed by atoms with Gasteiger partial charge in [-0.2, -0.15) is 0 Å². The first kappa shape index (κ1) is 13.4. The van der Waals surface area contributed by atoms with Crippen LogP contribution in [-0.2, 0) is 4.79 Å². The lowest BCUT2D eigenvalue weighted by molar-refractivity contribution is -0.385. The van der Waals surface area contributed by atoms with Gasteiger partial charge in [0.2, 0.25) is 5.91 Å². The zero-order valence-electron chi connectivity index (χ0n) is 8.94. The van der Waals surface area contributed by atoms with Crippen LogP contribution in [0.4, 0.5) is 15.8 Å². The first-order valence-electron chi connectivity index (χ1n) is 4.76. The standard InChI is InChI=1S/C10H10ClFN2O3/c1-6(5-11)10(15)13-8-2-7(12)3-9(4-8)14(16)17/h2-4,6H,5H2,1H3,(H,13,15). The van der Waals surface area contributed by atoms with E-state index < -0.39 is 28.3 Å². The molecule has 92 valence electrons. The van der Waals surface area contributed by atoms with Gasteiger partial charge in [-0.05, 0) is 6.07 Å². The van der Waals surface area contributed by atoms with Crippen LogP contribution < -0.4 is 5.32 Å². The molecule has 1 atom stereocenters. The van der Waals surface area contributed by atoms with Crippen LogP contribution in [-0.4, -0.2) is 16.7 Å². The molecule has 0 aromatic heterocycles. The lowest BCUT2D eigenvalue weighted by atomic mass is 10.2. The van der Waals surface area contributed by atoms with Crippen molar-refractivity contribution in [3.05, 3.63) is 34.1 Å². The fraction of sp³-hybridized carbons (Fsp3) is 0.300. The molecule has 0 spiro atoms. The Hall–Kier alpha value is -1.69. The van der Waals surface area contributed by atoms with Crippen molar-refractivity contribution in [3.63, 3.8) is 0 Å². The van der Waals surface area contributed by atoms with Gasteiger partial charge in [0.1, 0.15) is 5.82 Å². The second-order valence-corrected chi connectivity index (χ2v) is 3.81. The van der Waals surface area contributed by atoms with E-state index in [9.17, 15) is 19.3 Å². The SMILES string of the molecule is CC(CCl)C(=O)Nc1cc(F)cc([N+](=O)[O-])c1. The molecule has 0 heterocycles. The Balaban J connectivity index is 2.92. The van der Waals surface area contributed by atoms with Gasteiger partial charge in [-0.15, -0.1) is 11.6 Å². The van der Waals surface area contributed by atoms with Crippen molar-refractivity contribution in [3.8, 4) is 0 Å². The van der Waals surface area contributed by atoms with E-state index >= 15 is 0 Å². The molecule has 0 aliphatic rings. The van der Waals surface area contributed by atoms with E-state index in [1.165, 1.54) is 0 Å². The summed E-state index contributed by atoms with van der Waals surface area (Å²) in [5.74, 6) is -1.55. The summed E-state index contributed by atoms with van der Waals surface area (Å²) in [6, 6.07) is 2.87. The van der Waals surface area contributed by atoms with Crippen molar-refractivity contribution < 1.29 is 14.1 Å². The number of rotatable bonds is 4. The van der Waals surface area contributed by atoms with Crippen molar-refractivity contribution in [1.82, 2.24) is 0 Å². The number of nitrogens with zero attached hydrogens (tertiary/aromatic N) is 1. The van der Waals surface area contributed by atoms with Gasteiger partial charge in [0, 0.05) is 17.9 Å². The second-order valence-electron chi connectivity index (χ2n) is 3.50. The minimum absolute atomic E-state index is 0.0404. The van der Waals surface area contributed by atoms with Crippen LogP contribution in [0.1, 0.15) is 6.92 Å². The maximum absolute atomic E-state index is 13.0. The third-order valence-electron chi connectivity index (χ3n) is 2.04. The topological polar surface area (TPSA) is 72.2 Å². The molecule has 1 aromatic rings. The smallest absolute Gasteiger partial charge is 0.274 e. The summed E-state index contributed by atoms with van der Waals surface area (Å²) in [6.45, 7) is 1.59. The van der Waals surface area contributed by atoms with Crippen LogP contribution in [0.15, 0.2) is 18.2 Å². The molecule has 1 amide bonds. The second kappa shape index (κ2) is 5.58. The summed E-state index contributed by atoms with van der Waals surface area (Å²) in [4.78, 5) is 21.2. The molecule has 5 nitrogen and oxygen atoms in total. The molecule has 0 bridgehead atoms. The number of hydrogen-bond acceptors (Lipinski definition) is 3. The van der Waals surface area contributed by atoms with Crippen molar-refractivity contribution in [2.24, 2.45) is 5.92 Å². The Morgan fingerprint density at radius 1 is 1.59 bits per heavy atom. The molecule has 1 N–H and O–H groups in total. The zero-order valence-corrected chi connectivity index (χ0v) is 9.70. The highest BCUT2D eigenvalue weighted by Gasteiger charge is 2.15. The number of amides is 1. The van der Waals surface area contributed by atoms with E-state index in [2.05, 4.69) is 5.32 Å². The minimum Gasteiger partial charge on any atom is -0.325 e. The highest BCUT2D eigenvalue weighted by Crippen LogP contribution is 2.20. The lowest BCUT2D eigenvalue weighted by Crippen LogP contribution is -2.21. The maximum atomic E-state index is 13.0. The predicted molar refractivity (Wildman–Crippen MR) is 61.6 cm³/mol. The average molecular weight is 261 g/mol. The molecule has 1 aromatic carbocycles. The first-order valence-corrected chi connectivity index (χ1v) is 5.29. The molecular weight excluding hydrogens is 251 g/mol. The number of nitrogens with one attached hydrogen (secondary N) is 1. The number of anilines is 1. The maximum Gasteiger partial charge on any atom is 0.274 e. The molecule has 1 rings (SSSR count). The van der Waals surface area contributed by atoms with Gasteiger partial charge in [0.25, 0.3) is 5.69 Å². The lowest BCUT2D eigenvalue weighted by Gasteiger charge is -2.09. The van der Waals surface area contributed by atoms with E-state index in [4.69, 9.17) is 11.6 Å². The zero-order chi connectivity index (χ0) is 13.0. The highest BCUT2D eigenvalue weighted by atomic mass is 35.5. The van der Waals surface area contributed by atoms with Gasteiger partial charge in [-0.1, -0.05) is 6.92 Å².